The Balaban J connectivity index is 1.53. The number of rotatable bonds is 4. The molecule has 6 nitrogen and oxygen atoms in total. The SMILES string of the molecule is CC[C@@]12CC/C=C\c3ccc4c(c3)C(CC(C)(C)O4)N=C(C1)N(C(c1cccnc1)C1CC1)C(N)=N2. The summed E-state index contributed by atoms with van der Waals surface area (Å²) in [5.74, 6) is 3.14. The monoisotopic (exact) mass is 483 g/mol. The first-order valence-electron chi connectivity index (χ1n) is 13.5. The molecule has 1 aromatic heterocycles. The quantitative estimate of drug-likeness (QED) is 0.561. The summed E-state index contributed by atoms with van der Waals surface area (Å²) in [6.45, 7) is 6.55. The number of hydrogen-bond acceptors (Lipinski definition) is 6. The number of benzene rings is 1. The first-order valence-corrected chi connectivity index (χ1v) is 13.5. The number of fused-ring (bicyclic) bond motifs is 3. The van der Waals surface area contributed by atoms with Gasteiger partial charge in [-0.2, -0.15) is 0 Å². The molecule has 0 radical (unpaired) electrons. The maximum Gasteiger partial charge on any atom is 0.197 e. The van der Waals surface area contributed by atoms with Crippen LogP contribution < -0.4 is 10.5 Å². The summed E-state index contributed by atoms with van der Waals surface area (Å²) >= 11 is 0. The molecule has 6 rings (SSSR count). The van der Waals surface area contributed by atoms with Crippen molar-refractivity contribution in [3.05, 3.63) is 65.5 Å². The van der Waals surface area contributed by atoms with E-state index in [0.29, 0.717) is 11.9 Å². The number of nitrogens with two attached hydrogens (primary N) is 1. The van der Waals surface area contributed by atoms with Gasteiger partial charge in [0.2, 0.25) is 0 Å². The van der Waals surface area contributed by atoms with Crippen molar-refractivity contribution in [2.45, 2.75) is 88.9 Å². The molecule has 36 heavy (non-hydrogen) atoms. The van der Waals surface area contributed by atoms with Gasteiger partial charge in [-0.05, 0) is 81.2 Å². The third kappa shape index (κ3) is 4.31. The zero-order chi connectivity index (χ0) is 24.9. The smallest absolute Gasteiger partial charge is 0.197 e. The highest BCUT2D eigenvalue weighted by atomic mass is 16.5. The van der Waals surface area contributed by atoms with Crippen LogP contribution in [-0.4, -0.2) is 32.8 Å². The average Bonchev–Trinajstić information content (AvgIpc) is 3.69. The summed E-state index contributed by atoms with van der Waals surface area (Å²) in [6.07, 6.45) is 15.2. The van der Waals surface area contributed by atoms with Crippen molar-refractivity contribution in [2.24, 2.45) is 21.6 Å². The molecule has 0 spiro atoms. The molecule has 4 aliphatic rings. The zero-order valence-electron chi connectivity index (χ0n) is 21.7. The lowest BCUT2D eigenvalue weighted by Crippen LogP contribution is -2.53. The Morgan fingerprint density at radius 2 is 2.08 bits per heavy atom. The van der Waals surface area contributed by atoms with Gasteiger partial charge >= 0.3 is 0 Å². The van der Waals surface area contributed by atoms with E-state index in [1.807, 2.05) is 18.5 Å². The summed E-state index contributed by atoms with van der Waals surface area (Å²) in [4.78, 5) is 17.5. The first kappa shape index (κ1) is 23.3. The molecular formula is C30H37N5O. The van der Waals surface area contributed by atoms with E-state index >= 15 is 0 Å². The molecule has 3 atom stereocenters. The molecular weight excluding hydrogens is 446 g/mol. The Morgan fingerprint density at radius 1 is 1.22 bits per heavy atom. The van der Waals surface area contributed by atoms with Gasteiger partial charge in [0, 0.05) is 30.8 Å². The van der Waals surface area contributed by atoms with Crippen LogP contribution in [0.2, 0.25) is 0 Å². The van der Waals surface area contributed by atoms with Crippen LogP contribution in [0.15, 0.2) is 58.8 Å². The number of nitrogens with zero attached hydrogens (tertiary/aromatic N) is 4. The number of aliphatic imine (C=N–C) groups is 2. The third-order valence-electron chi connectivity index (χ3n) is 8.25. The van der Waals surface area contributed by atoms with Crippen molar-refractivity contribution < 1.29 is 4.74 Å². The highest BCUT2D eigenvalue weighted by molar-refractivity contribution is 6.02. The normalized spacial score (nSPS) is 28.5. The van der Waals surface area contributed by atoms with Crippen molar-refractivity contribution in [1.82, 2.24) is 9.88 Å². The number of allylic oxidation sites excluding steroid dienone is 1. The Kier molecular flexibility index (Phi) is 5.66. The van der Waals surface area contributed by atoms with E-state index in [0.717, 1.165) is 49.3 Å². The lowest BCUT2D eigenvalue weighted by molar-refractivity contribution is 0.0729. The highest BCUT2D eigenvalue weighted by Crippen LogP contribution is 2.48. The van der Waals surface area contributed by atoms with Gasteiger partial charge in [0.25, 0.3) is 0 Å². The van der Waals surface area contributed by atoms with E-state index in [4.69, 9.17) is 20.5 Å². The Labute approximate surface area is 214 Å². The molecule has 188 valence electrons. The van der Waals surface area contributed by atoms with Crippen LogP contribution in [0.5, 0.6) is 5.75 Å². The van der Waals surface area contributed by atoms with Crippen LogP contribution in [0, 0.1) is 5.92 Å². The zero-order valence-corrected chi connectivity index (χ0v) is 21.7. The molecule has 2 unspecified atom stereocenters. The van der Waals surface area contributed by atoms with Crippen molar-refractivity contribution >= 4 is 17.9 Å². The molecule has 6 heteroatoms. The topological polar surface area (TPSA) is 76.1 Å². The number of hydrogen-bond donors (Lipinski definition) is 1. The van der Waals surface area contributed by atoms with Crippen LogP contribution in [-0.2, 0) is 0 Å². The lowest BCUT2D eigenvalue weighted by atomic mass is 9.83. The maximum absolute atomic E-state index is 6.89. The van der Waals surface area contributed by atoms with E-state index in [2.05, 4.69) is 67.1 Å². The predicted octanol–water partition coefficient (Wildman–Crippen LogP) is 6.21. The molecule has 1 saturated carbocycles. The highest BCUT2D eigenvalue weighted by Gasteiger charge is 2.45. The second kappa shape index (κ2) is 8.75. The number of pyridine rings is 1. The minimum Gasteiger partial charge on any atom is -0.487 e. The largest absolute Gasteiger partial charge is 0.487 e. The van der Waals surface area contributed by atoms with E-state index in [-0.39, 0.29) is 23.2 Å². The van der Waals surface area contributed by atoms with Crippen molar-refractivity contribution in [2.75, 3.05) is 0 Å². The fourth-order valence-corrected chi connectivity index (χ4v) is 6.18. The predicted molar refractivity (Wildman–Crippen MR) is 145 cm³/mol. The van der Waals surface area contributed by atoms with Gasteiger partial charge in [-0.15, -0.1) is 0 Å². The lowest BCUT2D eigenvalue weighted by Gasteiger charge is -2.44. The van der Waals surface area contributed by atoms with Crippen LogP contribution in [0.4, 0.5) is 0 Å². The molecule has 1 aromatic carbocycles. The van der Waals surface area contributed by atoms with Gasteiger partial charge in [-0.3, -0.25) is 14.9 Å². The summed E-state index contributed by atoms with van der Waals surface area (Å²) < 4.78 is 6.40. The van der Waals surface area contributed by atoms with Gasteiger partial charge in [-0.1, -0.05) is 31.2 Å². The second-order valence-corrected chi connectivity index (χ2v) is 11.5. The standard InChI is InChI=1S/C30H37N5O/c1-4-30-14-6-5-8-20-10-13-25-23(16-20)24(17-29(2,3)36-25)33-26(18-30)35(28(31)34-30)27(21-11-12-21)22-9-7-15-32-19-22/h5,7-10,13,15-16,19,21,24,27H,4,6,11-12,14,17-18H2,1-3H3,(H2,31,34)/b8-5-,33-26?/t24?,27?,30-/m1/s1. The van der Waals surface area contributed by atoms with Crippen LogP contribution in [0.1, 0.15) is 94.5 Å². The minimum absolute atomic E-state index is 0.00299. The van der Waals surface area contributed by atoms with Crippen molar-refractivity contribution in [3.63, 3.8) is 0 Å². The van der Waals surface area contributed by atoms with Crippen molar-refractivity contribution in [1.29, 1.82) is 0 Å². The number of aromatic nitrogens is 1. The Bertz CT molecular complexity index is 1230. The van der Waals surface area contributed by atoms with E-state index in [9.17, 15) is 0 Å². The average molecular weight is 484 g/mol. The van der Waals surface area contributed by atoms with E-state index in [1.54, 1.807) is 0 Å². The van der Waals surface area contributed by atoms with Crippen LogP contribution in [0.25, 0.3) is 6.08 Å². The summed E-state index contributed by atoms with van der Waals surface area (Å²) in [5, 5.41) is 0. The molecule has 2 aromatic rings. The fraction of sp³-hybridized carbons (Fsp3) is 0.500. The van der Waals surface area contributed by atoms with Gasteiger partial charge < -0.3 is 10.5 Å². The van der Waals surface area contributed by atoms with E-state index < -0.39 is 0 Å². The van der Waals surface area contributed by atoms with Gasteiger partial charge in [0.1, 0.15) is 17.2 Å². The summed E-state index contributed by atoms with van der Waals surface area (Å²) in [5.41, 5.74) is 9.92. The summed E-state index contributed by atoms with van der Waals surface area (Å²) in [7, 11) is 0. The number of guanidine groups is 1. The fourth-order valence-electron chi connectivity index (χ4n) is 6.18. The van der Waals surface area contributed by atoms with Crippen molar-refractivity contribution in [3.8, 4) is 5.75 Å². The molecule has 4 bridgehead atoms. The number of amidine groups is 1. The minimum atomic E-state index is -0.295. The molecule has 0 saturated heterocycles. The first-order chi connectivity index (χ1) is 17.4. The molecule has 3 aliphatic heterocycles. The molecule has 1 fully saturated rings. The molecule has 0 amide bonds. The summed E-state index contributed by atoms with van der Waals surface area (Å²) in [6, 6.07) is 10.8. The Hall–Kier alpha value is -3.15. The second-order valence-electron chi connectivity index (χ2n) is 11.5. The molecule has 1 aliphatic carbocycles. The number of ether oxygens (including phenoxy) is 1. The van der Waals surface area contributed by atoms with Gasteiger partial charge in [-0.25, -0.2) is 4.99 Å². The third-order valence-corrected chi connectivity index (χ3v) is 8.25. The maximum atomic E-state index is 6.89. The Morgan fingerprint density at radius 3 is 2.83 bits per heavy atom. The van der Waals surface area contributed by atoms with Crippen LogP contribution >= 0.6 is 0 Å². The van der Waals surface area contributed by atoms with Crippen LogP contribution in [0.3, 0.4) is 0 Å². The molecule has 2 N–H and O–H groups in total. The van der Waals surface area contributed by atoms with Gasteiger partial charge in [0.15, 0.2) is 5.96 Å². The van der Waals surface area contributed by atoms with Gasteiger partial charge in [0.05, 0.1) is 17.6 Å². The van der Waals surface area contributed by atoms with E-state index in [1.165, 1.54) is 24.0 Å². The molecule has 4 heterocycles.